The van der Waals surface area contributed by atoms with Gasteiger partial charge in [0, 0.05) is 38.2 Å². The summed E-state index contributed by atoms with van der Waals surface area (Å²) < 4.78 is 17.1. The molecular weight excluding hydrogens is 531 g/mol. The van der Waals surface area contributed by atoms with Crippen molar-refractivity contribution in [3.05, 3.63) is 29.8 Å². The maximum absolute atomic E-state index is 5.81. The lowest BCUT2D eigenvalue weighted by atomic mass is 9.97. The third-order valence-corrected chi connectivity index (χ3v) is 6.12. The maximum Gasteiger partial charge on any atom is 0.191 e. The van der Waals surface area contributed by atoms with E-state index in [-0.39, 0.29) is 30.0 Å². The van der Waals surface area contributed by atoms with Crippen molar-refractivity contribution in [2.45, 2.75) is 46.2 Å². The van der Waals surface area contributed by atoms with Gasteiger partial charge in [0.05, 0.1) is 39.0 Å². The molecule has 2 heterocycles. The number of rotatable bonds is 10. The van der Waals surface area contributed by atoms with Crippen molar-refractivity contribution < 1.29 is 14.2 Å². The van der Waals surface area contributed by atoms with E-state index in [1.165, 1.54) is 5.56 Å². The zero-order valence-electron chi connectivity index (χ0n) is 20.7. The molecule has 2 saturated heterocycles. The lowest BCUT2D eigenvalue weighted by molar-refractivity contribution is 0.00368. The van der Waals surface area contributed by atoms with Crippen LogP contribution in [0.15, 0.2) is 29.3 Å². The molecule has 2 fully saturated rings. The summed E-state index contributed by atoms with van der Waals surface area (Å²) in [6, 6.07) is 8.89. The van der Waals surface area contributed by atoms with Crippen molar-refractivity contribution in [1.29, 1.82) is 0 Å². The topological polar surface area (TPSA) is 67.4 Å². The van der Waals surface area contributed by atoms with Crippen molar-refractivity contribution in [3.63, 3.8) is 0 Å². The van der Waals surface area contributed by atoms with Crippen LogP contribution in [0.3, 0.4) is 0 Å². The monoisotopic (exact) mass is 574 g/mol. The summed E-state index contributed by atoms with van der Waals surface area (Å²) in [6.07, 6.45) is 1.11. The van der Waals surface area contributed by atoms with Gasteiger partial charge in [-0.25, -0.2) is 0 Å². The van der Waals surface area contributed by atoms with E-state index in [1.807, 2.05) is 0 Å². The number of aliphatic imine (C=N–C) groups is 1. The number of hydrogen-bond donors (Lipinski definition) is 2. The molecule has 0 aliphatic carbocycles. The molecule has 0 radical (unpaired) electrons. The van der Waals surface area contributed by atoms with Crippen LogP contribution in [-0.4, -0.2) is 76.1 Å². The number of hydrogen-bond acceptors (Lipinski definition) is 5. The molecule has 188 valence electrons. The van der Waals surface area contributed by atoms with Gasteiger partial charge in [0.25, 0.3) is 0 Å². The Morgan fingerprint density at radius 3 is 2.45 bits per heavy atom. The summed E-state index contributed by atoms with van der Waals surface area (Å²) in [5.41, 5.74) is 1.21. The molecule has 0 amide bonds. The van der Waals surface area contributed by atoms with E-state index >= 15 is 0 Å². The van der Waals surface area contributed by atoms with Crippen molar-refractivity contribution in [2.24, 2.45) is 16.8 Å². The molecule has 0 bridgehead atoms. The standard InChI is InChI=1S/C25H42N4O3.HI/c1-5-26-25(28-20(4)21-6-8-23(9-7-21)32-17-19(2)3)27-16-24(22-10-13-31-18-22)29-11-14-30-15-12-29;/h6-9,19-20,22,24H,5,10-18H2,1-4H3,(H2,26,27,28);1H. The van der Waals surface area contributed by atoms with E-state index in [9.17, 15) is 0 Å². The summed E-state index contributed by atoms with van der Waals surface area (Å²) >= 11 is 0. The molecule has 3 unspecified atom stereocenters. The number of nitrogens with one attached hydrogen (secondary N) is 2. The first kappa shape index (κ1) is 28.1. The van der Waals surface area contributed by atoms with Crippen LogP contribution < -0.4 is 15.4 Å². The van der Waals surface area contributed by atoms with Gasteiger partial charge in [0.2, 0.25) is 0 Å². The molecule has 33 heavy (non-hydrogen) atoms. The smallest absolute Gasteiger partial charge is 0.191 e. The first-order chi connectivity index (χ1) is 15.6. The van der Waals surface area contributed by atoms with Gasteiger partial charge in [-0.05, 0) is 43.9 Å². The van der Waals surface area contributed by atoms with Crippen molar-refractivity contribution in [1.82, 2.24) is 15.5 Å². The fourth-order valence-corrected chi connectivity index (χ4v) is 4.24. The van der Waals surface area contributed by atoms with Gasteiger partial charge in [-0.1, -0.05) is 26.0 Å². The second kappa shape index (κ2) is 15.0. The zero-order valence-corrected chi connectivity index (χ0v) is 23.0. The highest BCUT2D eigenvalue weighted by Crippen LogP contribution is 2.23. The number of ether oxygens (including phenoxy) is 3. The minimum absolute atomic E-state index is 0. The summed E-state index contributed by atoms with van der Waals surface area (Å²) in [5, 5.41) is 6.99. The summed E-state index contributed by atoms with van der Waals surface area (Å²) in [6.45, 7) is 16.2. The number of halogens is 1. The van der Waals surface area contributed by atoms with Crippen LogP contribution in [0.25, 0.3) is 0 Å². The highest BCUT2D eigenvalue weighted by Gasteiger charge is 2.31. The summed E-state index contributed by atoms with van der Waals surface area (Å²) in [4.78, 5) is 7.53. The summed E-state index contributed by atoms with van der Waals surface area (Å²) in [7, 11) is 0. The lowest BCUT2D eigenvalue weighted by Crippen LogP contribution is -2.49. The number of guanidine groups is 1. The SMILES string of the molecule is CCNC(=NCC(C1CCOC1)N1CCOCC1)NC(C)c1ccc(OCC(C)C)cc1.I. The van der Waals surface area contributed by atoms with Gasteiger partial charge in [0.1, 0.15) is 5.75 Å². The molecule has 2 aliphatic rings. The third kappa shape index (κ3) is 9.22. The molecule has 3 rings (SSSR count). The van der Waals surface area contributed by atoms with Crippen LogP contribution in [0.5, 0.6) is 5.75 Å². The highest BCUT2D eigenvalue weighted by molar-refractivity contribution is 14.0. The highest BCUT2D eigenvalue weighted by atomic mass is 127. The molecule has 7 nitrogen and oxygen atoms in total. The summed E-state index contributed by atoms with van der Waals surface area (Å²) in [5.74, 6) is 2.83. The molecule has 2 N–H and O–H groups in total. The molecule has 0 spiro atoms. The zero-order chi connectivity index (χ0) is 22.8. The van der Waals surface area contributed by atoms with E-state index in [0.717, 1.165) is 77.3 Å². The molecule has 3 atom stereocenters. The predicted octanol–water partition coefficient (Wildman–Crippen LogP) is 3.69. The van der Waals surface area contributed by atoms with E-state index in [0.29, 0.717) is 17.9 Å². The van der Waals surface area contributed by atoms with Gasteiger partial charge in [0.15, 0.2) is 5.96 Å². The van der Waals surface area contributed by atoms with Gasteiger partial charge in [-0.15, -0.1) is 24.0 Å². The molecule has 1 aromatic rings. The first-order valence-corrected chi connectivity index (χ1v) is 12.2. The van der Waals surface area contributed by atoms with E-state index in [1.54, 1.807) is 0 Å². The van der Waals surface area contributed by atoms with Gasteiger partial charge >= 0.3 is 0 Å². The Balaban J connectivity index is 0.00000385. The molecular formula is C25H43IN4O3. The predicted molar refractivity (Wildman–Crippen MR) is 145 cm³/mol. The normalized spacial score (nSPS) is 21.4. The number of nitrogens with zero attached hydrogens (tertiary/aromatic N) is 2. The van der Waals surface area contributed by atoms with Crippen LogP contribution in [0.1, 0.15) is 45.7 Å². The Kier molecular flexibility index (Phi) is 12.8. The Hall–Kier alpha value is -1.10. The minimum atomic E-state index is 0. The molecule has 0 aromatic heterocycles. The molecule has 8 heteroatoms. The van der Waals surface area contributed by atoms with Crippen LogP contribution in [-0.2, 0) is 9.47 Å². The second-order valence-corrected chi connectivity index (χ2v) is 9.20. The van der Waals surface area contributed by atoms with E-state index in [4.69, 9.17) is 19.2 Å². The first-order valence-electron chi connectivity index (χ1n) is 12.2. The quantitative estimate of drug-likeness (QED) is 0.253. The average Bonchev–Trinajstić information content (AvgIpc) is 3.33. The van der Waals surface area contributed by atoms with Gasteiger partial charge in [-0.2, -0.15) is 0 Å². The molecule has 1 aromatic carbocycles. The minimum Gasteiger partial charge on any atom is -0.493 e. The Labute approximate surface area is 217 Å². The van der Waals surface area contributed by atoms with E-state index < -0.39 is 0 Å². The molecule has 2 aliphatic heterocycles. The average molecular weight is 575 g/mol. The van der Waals surface area contributed by atoms with Crippen molar-refractivity contribution in [2.75, 3.05) is 59.2 Å². The van der Waals surface area contributed by atoms with Crippen LogP contribution >= 0.6 is 24.0 Å². The Morgan fingerprint density at radius 2 is 1.85 bits per heavy atom. The molecule has 0 saturated carbocycles. The third-order valence-electron chi connectivity index (χ3n) is 6.12. The number of morpholine rings is 1. The van der Waals surface area contributed by atoms with E-state index in [2.05, 4.69) is 67.5 Å². The van der Waals surface area contributed by atoms with Crippen molar-refractivity contribution >= 4 is 29.9 Å². The largest absolute Gasteiger partial charge is 0.493 e. The second-order valence-electron chi connectivity index (χ2n) is 9.20. The van der Waals surface area contributed by atoms with Crippen molar-refractivity contribution in [3.8, 4) is 5.75 Å². The van der Waals surface area contributed by atoms with Crippen LogP contribution in [0.4, 0.5) is 0 Å². The Morgan fingerprint density at radius 1 is 1.12 bits per heavy atom. The fourth-order valence-electron chi connectivity index (χ4n) is 4.24. The van der Waals surface area contributed by atoms with Crippen LogP contribution in [0.2, 0.25) is 0 Å². The Bertz CT molecular complexity index is 689. The maximum atomic E-state index is 5.81. The van der Waals surface area contributed by atoms with Crippen LogP contribution in [0, 0.1) is 11.8 Å². The van der Waals surface area contributed by atoms with Gasteiger partial charge < -0.3 is 24.8 Å². The number of benzene rings is 1. The lowest BCUT2D eigenvalue weighted by Gasteiger charge is -2.36. The van der Waals surface area contributed by atoms with Gasteiger partial charge in [-0.3, -0.25) is 9.89 Å². The fraction of sp³-hybridized carbons (Fsp3) is 0.720.